The van der Waals surface area contributed by atoms with Crippen molar-refractivity contribution < 1.29 is 26.4 Å². The van der Waals surface area contributed by atoms with Gasteiger partial charge in [-0.25, -0.2) is 0 Å². The van der Waals surface area contributed by atoms with Crippen LogP contribution in [0.15, 0.2) is 91.0 Å². The molecule has 4 aromatic carbocycles. The Balaban J connectivity index is 1.89. The minimum absolute atomic E-state index is 0.173. The standard InChI is InChI=1S/C38H46NO6PS/c1-43-34-24-15-25-35(44-2)38(34)32-22-11-14-27-37(32)46(45-47(40,41)42,28-16-5-3-6-17-28,29-18-7-4-8-19-29)36-26-13-10-21-31(36)30-20-9-12-23-33(30)39/h9-15,20-29H,3-8,16-19,39H2,1-2H3,(H,40,41,42). The third kappa shape index (κ3) is 5.73. The predicted octanol–water partition coefficient (Wildman–Crippen LogP) is 8.52. The van der Waals surface area contributed by atoms with Crippen molar-refractivity contribution in [1.82, 2.24) is 0 Å². The Hall–Kier alpha value is -3.42. The summed E-state index contributed by atoms with van der Waals surface area (Å²) in [6.07, 6.45) is 9.02. The molecule has 0 aromatic heterocycles. The van der Waals surface area contributed by atoms with Gasteiger partial charge in [0.15, 0.2) is 0 Å². The fourth-order valence-corrected chi connectivity index (χ4v) is 19.5. The molecule has 2 fully saturated rings. The number of ether oxygens (including phenoxy) is 2. The number of nitrogen functional groups attached to an aromatic ring is 1. The Bertz CT molecular complexity index is 1790. The summed E-state index contributed by atoms with van der Waals surface area (Å²) in [4.78, 5) is 0. The topological polar surface area (TPSA) is 108 Å². The molecule has 7 nitrogen and oxygen atoms in total. The van der Waals surface area contributed by atoms with Crippen LogP contribution in [0.3, 0.4) is 0 Å². The molecule has 47 heavy (non-hydrogen) atoms. The fourth-order valence-electron chi connectivity index (χ4n) is 8.86. The molecule has 0 heterocycles. The van der Waals surface area contributed by atoms with Crippen molar-refractivity contribution in [3.8, 4) is 33.8 Å². The van der Waals surface area contributed by atoms with E-state index in [1.54, 1.807) is 14.2 Å². The van der Waals surface area contributed by atoms with E-state index in [0.29, 0.717) is 17.2 Å². The molecule has 6 rings (SSSR count). The molecule has 0 atom stereocenters. The second-order valence-electron chi connectivity index (χ2n) is 12.9. The summed E-state index contributed by atoms with van der Waals surface area (Å²) >= 11 is 0. The summed E-state index contributed by atoms with van der Waals surface area (Å²) in [5.74, 6) is 1.21. The predicted molar refractivity (Wildman–Crippen MR) is 194 cm³/mol. The van der Waals surface area contributed by atoms with Crippen LogP contribution in [0, 0.1) is 0 Å². The van der Waals surface area contributed by atoms with Crippen LogP contribution in [0.1, 0.15) is 64.2 Å². The van der Waals surface area contributed by atoms with E-state index in [2.05, 4.69) is 12.1 Å². The molecule has 3 N–H and O–H groups in total. The number of anilines is 1. The molecule has 250 valence electrons. The van der Waals surface area contributed by atoms with Crippen molar-refractivity contribution in [3.63, 3.8) is 0 Å². The van der Waals surface area contributed by atoms with Crippen LogP contribution in [0.2, 0.25) is 0 Å². The van der Waals surface area contributed by atoms with E-state index in [0.717, 1.165) is 97.1 Å². The second kappa shape index (κ2) is 13.6. The molecular weight excluding hydrogens is 629 g/mol. The third-order valence-electron chi connectivity index (χ3n) is 10.6. The SMILES string of the molecule is COc1cccc(OC)c1-c1ccccc1P(OS(=O)(=O)O)(c1ccccc1-c1ccccc1N)(C1CCCCC1)C1CCCCC1. The Kier molecular flexibility index (Phi) is 9.69. The van der Waals surface area contributed by atoms with Gasteiger partial charge in [-0.15, -0.1) is 0 Å². The van der Waals surface area contributed by atoms with E-state index >= 15 is 0 Å². The van der Waals surface area contributed by atoms with Crippen LogP contribution < -0.4 is 25.8 Å². The summed E-state index contributed by atoms with van der Waals surface area (Å²) in [6.45, 7) is -4.54. The average molecular weight is 676 g/mol. The van der Waals surface area contributed by atoms with Gasteiger partial charge in [0.2, 0.25) is 0 Å². The first-order valence-corrected chi connectivity index (χ1v) is 20.4. The molecule has 0 radical (unpaired) electrons. The van der Waals surface area contributed by atoms with Crippen LogP contribution in [-0.4, -0.2) is 38.5 Å². The van der Waals surface area contributed by atoms with Crippen molar-refractivity contribution in [1.29, 1.82) is 0 Å². The van der Waals surface area contributed by atoms with Crippen LogP contribution in [0.25, 0.3) is 22.3 Å². The van der Waals surface area contributed by atoms with Crippen molar-refractivity contribution in [2.75, 3.05) is 20.0 Å². The molecule has 9 heteroatoms. The summed E-state index contributed by atoms with van der Waals surface area (Å²) in [7, 11) is -1.75. The monoisotopic (exact) mass is 675 g/mol. The Morgan fingerprint density at radius 2 is 1.06 bits per heavy atom. The second-order valence-corrected chi connectivity index (χ2v) is 19.1. The van der Waals surface area contributed by atoms with E-state index in [4.69, 9.17) is 19.2 Å². The Labute approximate surface area is 279 Å². The summed E-state index contributed by atoms with van der Waals surface area (Å²) in [5.41, 5.74) is 10.1. The molecule has 0 spiro atoms. The number of benzene rings is 4. The first kappa shape index (κ1) is 33.5. The molecule has 0 amide bonds. The maximum absolute atomic E-state index is 13.8. The quantitative estimate of drug-likeness (QED) is 0.0986. The van der Waals surface area contributed by atoms with E-state index in [-0.39, 0.29) is 11.3 Å². The van der Waals surface area contributed by atoms with Gasteiger partial charge in [0, 0.05) is 0 Å². The number of hydrogen-bond donors (Lipinski definition) is 2. The van der Waals surface area contributed by atoms with Gasteiger partial charge in [0.05, 0.1) is 0 Å². The first-order valence-electron chi connectivity index (χ1n) is 16.7. The number of rotatable bonds is 10. The van der Waals surface area contributed by atoms with Crippen LogP contribution in [0.4, 0.5) is 5.69 Å². The van der Waals surface area contributed by atoms with Crippen molar-refractivity contribution in [2.45, 2.75) is 75.5 Å². The number of para-hydroxylation sites is 1. The van der Waals surface area contributed by atoms with Gasteiger partial charge in [0.25, 0.3) is 0 Å². The Morgan fingerprint density at radius 3 is 1.55 bits per heavy atom. The van der Waals surface area contributed by atoms with Gasteiger partial charge in [-0.1, -0.05) is 0 Å². The van der Waals surface area contributed by atoms with E-state index in [9.17, 15) is 13.0 Å². The molecule has 0 saturated heterocycles. The van der Waals surface area contributed by atoms with Gasteiger partial charge in [-0.05, 0) is 0 Å². The van der Waals surface area contributed by atoms with Crippen molar-refractivity contribution in [3.05, 3.63) is 91.0 Å². The molecule has 2 aliphatic rings. The molecule has 2 saturated carbocycles. The van der Waals surface area contributed by atoms with Crippen LogP contribution in [-0.2, 0) is 14.4 Å². The molecule has 4 aromatic rings. The van der Waals surface area contributed by atoms with Gasteiger partial charge in [-0.3, -0.25) is 0 Å². The summed E-state index contributed by atoms with van der Waals surface area (Å²) in [6, 6.07) is 29.5. The van der Waals surface area contributed by atoms with Crippen molar-refractivity contribution >= 4 is 33.5 Å². The maximum atomic E-state index is 13.8. The van der Waals surface area contributed by atoms with Gasteiger partial charge in [-0.2, -0.15) is 0 Å². The van der Waals surface area contributed by atoms with Crippen LogP contribution in [0.5, 0.6) is 11.5 Å². The number of nitrogens with two attached hydrogens (primary N) is 1. The van der Waals surface area contributed by atoms with E-state index in [1.807, 2.05) is 78.9 Å². The Morgan fingerprint density at radius 1 is 0.617 bits per heavy atom. The molecule has 0 unspecified atom stereocenters. The van der Waals surface area contributed by atoms with Gasteiger partial charge >= 0.3 is 280 Å². The molecule has 0 aliphatic heterocycles. The third-order valence-corrected chi connectivity index (χ3v) is 19.3. The molecule has 0 bridgehead atoms. The normalized spacial score (nSPS) is 17.5. The summed E-state index contributed by atoms with van der Waals surface area (Å²) in [5, 5.41) is 1.63. The zero-order valence-corrected chi connectivity index (χ0v) is 29.0. The van der Waals surface area contributed by atoms with E-state index in [1.165, 1.54) is 0 Å². The van der Waals surface area contributed by atoms with E-state index < -0.39 is 17.2 Å². The first-order chi connectivity index (χ1) is 22.7. The van der Waals surface area contributed by atoms with Crippen LogP contribution >= 0.6 is 6.83 Å². The molecular formula is C38H46NO6PS. The van der Waals surface area contributed by atoms with Gasteiger partial charge < -0.3 is 0 Å². The number of methoxy groups -OCH3 is 2. The molecule has 2 aliphatic carbocycles. The fraction of sp³-hybridized carbons (Fsp3) is 0.368. The summed E-state index contributed by atoms with van der Waals surface area (Å²) < 4.78 is 57.6. The number of hydrogen-bond acceptors (Lipinski definition) is 6. The zero-order chi connectivity index (χ0) is 33.1. The van der Waals surface area contributed by atoms with Gasteiger partial charge in [0.1, 0.15) is 0 Å². The average Bonchev–Trinajstić information content (AvgIpc) is 3.11. The zero-order valence-electron chi connectivity index (χ0n) is 27.3. The minimum atomic E-state index is -5.01. The van der Waals surface area contributed by atoms with Crippen molar-refractivity contribution in [2.24, 2.45) is 0 Å².